The summed E-state index contributed by atoms with van der Waals surface area (Å²) in [5, 5.41) is 6.97. The third kappa shape index (κ3) is 2.09. The number of halogens is 1. The molecule has 0 aliphatic carbocycles. The zero-order valence-electron chi connectivity index (χ0n) is 8.16. The van der Waals surface area contributed by atoms with Crippen LogP contribution in [0.1, 0.15) is 22.0 Å². The highest BCUT2D eigenvalue weighted by molar-refractivity contribution is 7.10. The van der Waals surface area contributed by atoms with Crippen LogP contribution in [0.3, 0.4) is 0 Å². The fraction of sp³-hybridized carbons (Fsp3) is 0.200. The van der Waals surface area contributed by atoms with Gasteiger partial charge in [-0.15, -0.1) is 11.3 Å². The van der Waals surface area contributed by atoms with Gasteiger partial charge in [0.2, 0.25) is 0 Å². The Morgan fingerprint density at radius 3 is 2.73 bits per heavy atom. The Morgan fingerprint density at radius 2 is 2.27 bits per heavy atom. The van der Waals surface area contributed by atoms with Crippen molar-refractivity contribution in [3.63, 3.8) is 0 Å². The number of rotatable bonds is 3. The third-order valence-electron chi connectivity index (χ3n) is 2.28. The Morgan fingerprint density at radius 1 is 1.47 bits per heavy atom. The fourth-order valence-electron chi connectivity index (χ4n) is 1.48. The maximum atomic E-state index is 6.10. The van der Waals surface area contributed by atoms with E-state index in [1.165, 1.54) is 11.1 Å². The van der Waals surface area contributed by atoms with Crippen LogP contribution in [0, 0.1) is 6.92 Å². The quantitative estimate of drug-likeness (QED) is 0.655. The predicted molar refractivity (Wildman–Crippen MR) is 67.6 cm³/mol. The molecule has 3 N–H and O–H groups in total. The van der Waals surface area contributed by atoms with Crippen molar-refractivity contribution >= 4 is 34.3 Å². The summed E-state index contributed by atoms with van der Waals surface area (Å²) in [4.78, 5) is 1.07. The van der Waals surface area contributed by atoms with E-state index in [-0.39, 0.29) is 6.04 Å². The second-order valence-electron chi connectivity index (χ2n) is 3.24. The summed E-state index contributed by atoms with van der Waals surface area (Å²) in [6.45, 7) is 2.08. The zero-order chi connectivity index (χ0) is 10.8. The van der Waals surface area contributed by atoms with E-state index in [4.69, 9.17) is 17.4 Å². The second kappa shape index (κ2) is 4.63. The molecule has 0 amide bonds. The highest BCUT2D eigenvalue weighted by atomic mass is 35.5. The first kappa shape index (κ1) is 11.1. The molecule has 2 rings (SSSR count). The van der Waals surface area contributed by atoms with Crippen LogP contribution in [0.2, 0.25) is 5.02 Å². The van der Waals surface area contributed by atoms with Crippen LogP contribution in [0.25, 0.3) is 0 Å². The average molecular weight is 259 g/mol. The number of nitrogens with two attached hydrogens (primary N) is 1. The third-order valence-corrected chi connectivity index (χ3v) is 4.58. The fourth-order valence-corrected chi connectivity index (χ4v) is 3.60. The molecular weight excluding hydrogens is 248 g/mol. The maximum absolute atomic E-state index is 6.10. The molecule has 0 saturated heterocycles. The number of hydrogen-bond acceptors (Lipinski definition) is 4. The monoisotopic (exact) mass is 258 g/mol. The summed E-state index contributed by atoms with van der Waals surface area (Å²) >= 11 is 9.40. The normalized spacial score (nSPS) is 13.0. The summed E-state index contributed by atoms with van der Waals surface area (Å²) in [7, 11) is 0. The lowest BCUT2D eigenvalue weighted by atomic mass is 10.1. The molecule has 2 nitrogen and oxygen atoms in total. The highest BCUT2D eigenvalue weighted by Crippen LogP contribution is 2.34. The van der Waals surface area contributed by atoms with E-state index in [1.54, 1.807) is 22.7 Å². The standard InChI is InChI=1S/C10H11ClN2S2/c1-6-4-14-5-7(6)9(13-12)10-8(11)2-3-15-10/h2-5,9,13H,12H2,1H3. The molecule has 0 aliphatic rings. The van der Waals surface area contributed by atoms with Crippen molar-refractivity contribution in [3.8, 4) is 0 Å². The smallest absolute Gasteiger partial charge is 0.0828 e. The first-order chi connectivity index (χ1) is 7.24. The average Bonchev–Trinajstić information content (AvgIpc) is 2.80. The van der Waals surface area contributed by atoms with Gasteiger partial charge in [-0.05, 0) is 40.3 Å². The molecule has 5 heteroatoms. The molecule has 2 aromatic heterocycles. The minimum absolute atomic E-state index is 0.00347. The summed E-state index contributed by atoms with van der Waals surface area (Å²) in [5.41, 5.74) is 5.26. The minimum Gasteiger partial charge on any atom is -0.271 e. The molecule has 1 atom stereocenters. The van der Waals surface area contributed by atoms with Crippen molar-refractivity contribution in [1.29, 1.82) is 0 Å². The highest BCUT2D eigenvalue weighted by Gasteiger charge is 2.19. The molecular formula is C10H11ClN2S2. The van der Waals surface area contributed by atoms with Crippen molar-refractivity contribution in [2.45, 2.75) is 13.0 Å². The maximum Gasteiger partial charge on any atom is 0.0828 e. The van der Waals surface area contributed by atoms with Crippen LogP contribution in [0.5, 0.6) is 0 Å². The first-order valence-corrected chi connectivity index (χ1v) is 6.65. The van der Waals surface area contributed by atoms with Crippen molar-refractivity contribution in [3.05, 3.63) is 43.2 Å². The zero-order valence-corrected chi connectivity index (χ0v) is 10.5. The van der Waals surface area contributed by atoms with Crippen LogP contribution in [-0.4, -0.2) is 0 Å². The Hall–Kier alpha value is -0.390. The SMILES string of the molecule is Cc1cscc1C(NN)c1sccc1Cl. The van der Waals surface area contributed by atoms with E-state index in [0.717, 1.165) is 9.90 Å². The summed E-state index contributed by atoms with van der Waals surface area (Å²) < 4.78 is 0. The van der Waals surface area contributed by atoms with Crippen LogP contribution in [-0.2, 0) is 0 Å². The van der Waals surface area contributed by atoms with Crippen LogP contribution < -0.4 is 11.3 Å². The Bertz CT molecular complexity index is 409. The molecule has 2 aromatic rings. The van der Waals surface area contributed by atoms with E-state index in [9.17, 15) is 0 Å². The topological polar surface area (TPSA) is 38.0 Å². The van der Waals surface area contributed by atoms with Crippen molar-refractivity contribution in [2.75, 3.05) is 0 Å². The number of thiophene rings is 2. The number of hydrogen-bond donors (Lipinski definition) is 2. The minimum atomic E-state index is 0.00347. The molecule has 80 valence electrons. The lowest BCUT2D eigenvalue weighted by Gasteiger charge is -2.14. The first-order valence-electron chi connectivity index (χ1n) is 4.45. The van der Waals surface area contributed by atoms with Gasteiger partial charge < -0.3 is 0 Å². The van der Waals surface area contributed by atoms with Crippen molar-refractivity contribution in [1.82, 2.24) is 5.43 Å². The van der Waals surface area contributed by atoms with Gasteiger partial charge in [0.05, 0.1) is 11.1 Å². The Balaban J connectivity index is 2.41. The van der Waals surface area contributed by atoms with Gasteiger partial charge in [-0.25, -0.2) is 5.43 Å². The molecule has 0 bridgehead atoms. The number of nitrogens with one attached hydrogen (secondary N) is 1. The van der Waals surface area contributed by atoms with Crippen LogP contribution in [0.15, 0.2) is 22.2 Å². The van der Waals surface area contributed by atoms with E-state index in [0.29, 0.717) is 0 Å². The predicted octanol–water partition coefficient (Wildman–Crippen LogP) is 3.32. The Kier molecular flexibility index (Phi) is 3.43. The Labute approximate surface area is 102 Å². The summed E-state index contributed by atoms with van der Waals surface area (Å²) in [5.74, 6) is 5.60. The summed E-state index contributed by atoms with van der Waals surface area (Å²) in [6, 6.07) is 1.90. The molecule has 0 saturated carbocycles. The van der Waals surface area contributed by atoms with Crippen LogP contribution >= 0.6 is 34.3 Å². The molecule has 0 spiro atoms. The molecule has 15 heavy (non-hydrogen) atoms. The van der Waals surface area contributed by atoms with Gasteiger partial charge in [0.15, 0.2) is 0 Å². The molecule has 0 aromatic carbocycles. The van der Waals surface area contributed by atoms with Gasteiger partial charge in [0.25, 0.3) is 0 Å². The van der Waals surface area contributed by atoms with E-state index in [1.807, 2.05) is 11.4 Å². The largest absolute Gasteiger partial charge is 0.271 e. The lowest BCUT2D eigenvalue weighted by molar-refractivity contribution is 0.645. The van der Waals surface area contributed by atoms with E-state index >= 15 is 0 Å². The van der Waals surface area contributed by atoms with Crippen molar-refractivity contribution in [2.24, 2.45) is 5.84 Å². The molecule has 0 fully saturated rings. The molecule has 0 radical (unpaired) electrons. The molecule has 2 heterocycles. The number of aryl methyl sites for hydroxylation is 1. The molecule has 0 aliphatic heterocycles. The van der Waals surface area contributed by atoms with Gasteiger partial charge in [0, 0.05) is 4.88 Å². The van der Waals surface area contributed by atoms with Gasteiger partial charge >= 0.3 is 0 Å². The van der Waals surface area contributed by atoms with E-state index < -0.39 is 0 Å². The lowest BCUT2D eigenvalue weighted by Crippen LogP contribution is -2.28. The van der Waals surface area contributed by atoms with Crippen molar-refractivity contribution < 1.29 is 0 Å². The second-order valence-corrected chi connectivity index (χ2v) is 5.34. The van der Waals surface area contributed by atoms with Gasteiger partial charge in [0.1, 0.15) is 0 Å². The van der Waals surface area contributed by atoms with Gasteiger partial charge in [-0.3, -0.25) is 5.84 Å². The summed E-state index contributed by atoms with van der Waals surface area (Å²) in [6.07, 6.45) is 0. The van der Waals surface area contributed by atoms with Gasteiger partial charge in [-0.2, -0.15) is 11.3 Å². The van der Waals surface area contributed by atoms with E-state index in [2.05, 4.69) is 23.1 Å². The molecule has 1 unspecified atom stereocenters. The van der Waals surface area contributed by atoms with Gasteiger partial charge in [-0.1, -0.05) is 11.6 Å². The van der Waals surface area contributed by atoms with Crippen LogP contribution in [0.4, 0.5) is 0 Å². The number of hydrazine groups is 1.